The van der Waals surface area contributed by atoms with Crippen LogP contribution in [0.3, 0.4) is 0 Å². The monoisotopic (exact) mass is 426 g/mol. The van der Waals surface area contributed by atoms with Crippen LogP contribution < -0.4 is 9.47 Å². The Morgan fingerprint density at radius 3 is 1.91 bits per heavy atom. The molecule has 0 bridgehead atoms. The third-order valence-corrected chi connectivity index (χ3v) is 5.85. The van der Waals surface area contributed by atoms with E-state index in [4.69, 9.17) is 19.4 Å². The van der Waals surface area contributed by atoms with Gasteiger partial charge in [-0.3, -0.25) is 4.98 Å². The van der Waals surface area contributed by atoms with E-state index in [1.807, 2.05) is 54.6 Å². The number of aliphatic hydroxyl groups is 2. The molecule has 32 heavy (non-hydrogen) atoms. The number of methoxy groups -OCH3 is 2. The van der Waals surface area contributed by atoms with Crippen LogP contribution in [0.1, 0.15) is 11.1 Å². The summed E-state index contributed by atoms with van der Waals surface area (Å²) in [5.74, 6) is 1.20. The smallest absolute Gasteiger partial charge is 0.161 e. The van der Waals surface area contributed by atoms with Crippen molar-refractivity contribution in [2.24, 2.45) is 0 Å². The van der Waals surface area contributed by atoms with Crippen molar-refractivity contribution in [3.05, 3.63) is 71.9 Å². The van der Waals surface area contributed by atoms with E-state index in [1.165, 1.54) is 0 Å². The van der Waals surface area contributed by atoms with Gasteiger partial charge in [0.05, 0.1) is 50.4 Å². The first-order chi connectivity index (χ1) is 15.7. The van der Waals surface area contributed by atoms with Gasteiger partial charge in [-0.15, -0.1) is 0 Å². The summed E-state index contributed by atoms with van der Waals surface area (Å²) in [6.45, 7) is -0.350. The number of fused-ring (bicyclic) bond motifs is 6. The molecule has 0 saturated carbocycles. The molecule has 0 spiro atoms. The quantitative estimate of drug-likeness (QED) is 0.400. The van der Waals surface area contributed by atoms with E-state index in [0.29, 0.717) is 22.6 Å². The third kappa shape index (κ3) is 3.12. The fourth-order valence-corrected chi connectivity index (χ4v) is 4.22. The molecule has 0 fully saturated rings. The van der Waals surface area contributed by atoms with Gasteiger partial charge < -0.3 is 19.7 Å². The first kappa shape index (κ1) is 20.2. The second-order valence-corrected chi connectivity index (χ2v) is 7.55. The summed E-state index contributed by atoms with van der Waals surface area (Å²) >= 11 is 0. The van der Waals surface area contributed by atoms with Crippen LogP contribution in [0.4, 0.5) is 0 Å². The molecule has 0 radical (unpaired) electrons. The van der Waals surface area contributed by atoms with E-state index in [-0.39, 0.29) is 13.2 Å². The molecule has 0 amide bonds. The Balaban J connectivity index is 1.97. The van der Waals surface area contributed by atoms with Crippen molar-refractivity contribution in [1.82, 2.24) is 9.97 Å². The van der Waals surface area contributed by atoms with E-state index < -0.39 is 0 Å². The van der Waals surface area contributed by atoms with Crippen molar-refractivity contribution in [1.29, 1.82) is 0 Å². The van der Waals surface area contributed by atoms with Crippen LogP contribution in [0.15, 0.2) is 60.8 Å². The number of hydrogen-bond acceptors (Lipinski definition) is 6. The Bertz CT molecular complexity index is 1470. The molecule has 0 atom stereocenters. The van der Waals surface area contributed by atoms with E-state index in [1.54, 1.807) is 20.4 Å². The number of ether oxygens (including phenoxy) is 2. The van der Waals surface area contributed by atoms with Crippen LogP contribution in [-0.2, 0) is 13.2 Å². The Morgan fingerprint density at radius 1 is 0.719 bits per heavy atom. The Labute approximate surface area is 184 Å². The first-order valence-electron chi connectivity index (χ1n) is 10.3. The summed E-state index contributed by atoms with van der Waals surface area (Å²) < 4.78 is 11.1. The SMILES string of the molecule is COc1cc2c3cc(CO)c(CO)cc3c3nc(-c4ccccc4)cnc3c2cc1OC. The predicted molar refractivity (Wildman–Crippen MR) is 125 cm³/mol. The summed E-state index contributed by atoms with van der Waals surface area (Å²) in [4.78, 5) is 9.77. The summed E-state index contributed by atoms with van der Waals surface area (Å²) in [5, 5.41) is 23.3. The van der Waals surface area contributed by atoms with Gasteiger partial charge in [0.15, 0.2) is 11.5 Å². The normalized spacial score (nSPS) is 11.4. The highest BCUT2D eigenvalue weighted by Crippen LogP contribution is 2.41. The summed E-state index contributed by atoms with van der Waals surface area (Å²) in [6.07, 6.45) is 1.77. The lowest BCUT2D eigenvalue weighted by Crippen LogP contribution is -1.98. The van der Waals surface area contributed by atoms with Crippen molar-refractivity contribution >= 4 is 32.6 Å². The van der Waals surface area contributed by atoms with Crippen molar-refractivity contribution in [2.75, 3.05) is 14.2 Å². The van der Waals surface area contributed by atoms with E-state index in [0.717, 1.165) is 43.8 Å². The zero-order chi connectivity index (χ0) is 22.2. The van der Waals surface area contributed by atoms with Crippen LogP contribution >= 0.6 is 0 Å². The number of hydrogen-bond donors (Lipinski definition) is 2. The first-order valence-corrected chi connectivity index (χ1v) is 10.3. The molecule has 0 aliphatic carbocycles. The average molecular weight is 426 g/mol. The van der Waals surface area contributed by atoms with Crippen molar-refractivity contribution < 1.29 is 19.7 Å². The number of aromatic nitrogens is 2. The Morgan fingerprint density at radius 2 is 1.28 bits per heavy atom. The largest absolute Gasteiger partial charge is 0.493 e. The lowest BCUT2D eigenvalue weighted by molar-refractivity contribution is 0.260. The zero-order valence-electron chi connectivity index (χ0n) is 17.8. The highest BCUT2D eigenvalue weighted by atomic mass is 16.5. The molecule has 5 aromatic rings. The molecule has 0 aliphatic rings. The molecule has 6 nitrogen and oxygen atoms in total. The van der Waals surface area contributed by atoms with E-state index in [2.05, 4.69) is 0 Å². The fourth-order valence-electron chi connectivity index (χ4n) is 4.22. The average Bonchev–Trinajstić information content (AvgIpc) is 2.87. The second-order valence-electron chi connectivity index (χ2n) is 7.55. The van der Waals surface area contributed by atoms with Crippen LogP contribution in [0.2, 0.25) is 0 Å². The molecular formula is C26H22N2O4. The predicted octanol–water partition coefficient (Wildman–Crippen LogP) is 4.61. The fraction of sp³-hybridized carbons (Fsp3) is 0.154. The molecule has 2 N–H and O–H groups in total. The van der Waals surface area contributed by atoms with Gasteiger partial charge in [-0.2, -0.15) is 0 Å². The number of nitrogens with zero attached hydrogens (tertiary/aromatic N) is 2. The van der Waals surface area contributed by atoms with E-state index in [9.17, 15) is 10.2 Å². The maximum atomic E-state index is 9.89. The minimum absolute atomic E-state index is 0.172. The third-order valence-electron chi connectivity index (χ3n) is 5.85. The van der Waals surface area contributed by atoms with Gasteiger partial charge in [0.25, 0.3) is 0 Å². The minimum Gasteiger partial charge on any atom is -0.493 e. The molecular weight excluding hydrogens is 404 g/mol. The lowest BCUT2D eigenvalue weighted by Gasteiger charge is -2.16. The Kier molecular flexibility index (Phi) is 5.09. The topological polar surface area (TPSA) is 84.7 Å². The Hall–Kier alpha value is -3.74. The summed E-state index contributed by atoms with van der Waals surface area (Å²) in [6, 6.07) is 17.5. The van der Waals surface area contributed by atoms with Crippen molar-refractivity contribution in [3.8, 4) is 22.8 Å². The van der Waals surface area contributed by atoms with Gasteiger partial charge in [-0.1, -0.05) is 30.3 Å². The lowest BCUT2D eigenvalue weighted by atomic mass is 9.94. The van der Waals surface area contributed by atoms with Crippen LogP contribution in [0, 0.1) is 0 Å². The zero-order valence-corrected chi connectivity index (χ0v) is 17.8. The van der Waals surface area contributed by atoms with Gasteiger partial charge in [-0.25, -0.2) is 4.98 Å². The molecule has 1 aromatic heterocycles. The number of rotatable bonds is 5. The molecule has 5 rings (SSSR count). The van der Waals surface area contributed by atoms with Crippen molar-refractivity contribution in [3.63, 3.8) is 0 Å². The standard InChI is InChI=1S/C26H22N2O4/c1-31-23-10-19-18-8-16(13-29)17(14-30)9-20(18)26-25(21(19)11-24(23)32-2)27-12-22(28-26)15-6-4-3-5-7-15/h3-12,29-30H,13-14H2,1-2H3. The molecule has 0 aliphatic heterocycles. The maximum absolute atomic E-state index is 9.89. The van der Waals surface area contributed by atoms with Gasteiger partial charge in [0, 0.05) is 16.3 Å². The van der Waals surface area contributed by atoms with Gasteiger partial charge >= 0.3 is 0 Å². The molecule has 0 unspecified atom stereocenters. The molecule has 4 aromatic carbocycles. The molecule has 160 valence electrons. The van der Waals surface area contributed by atoms with E-state index >= 15 is 0 Å². The van der Waals surface area contributed by atoms with Crippen molar-refractivity contribution in [2.45, 2.75) is 13.2 Å². The highest BCUT2D eigenvalue weighted by Gasteiger charge is 2.17. The molecule has 6 heteroatoms. The highest BCUT2D eigenvalue weighted by molar-refractivity contribution is 6.24. The second kappa shape index (κ2) is 8.07. The molecule has 0 saturated heterocycles. The van der Waals surface area contributed by atoms with Gasteiger partial charge in [0.2, 0.25) is 0 Å². The van der Waals surface area contributed by atoms with Crippen LogP contribution in [0.25, 0.3) is 43.8 Å². The minimum atomic E-state index is -0.177. The summed E-state index contributed by atoms with van der Waals surface area (Å²) in [7, 11) is 3.20. The molecule has 1 heterocycles. The summed E-state index contributed by atoms with van der Waals surface area (Å²) in [5.41, 5.74) is 4.51. The van der Waals surface area contributed by atoms with Gasteiger partial charge in [-0.05, 0) is 46.2 Å². The van der Waals surface area contributed by atoms with Crippen LogP contribution in [0.5, 0.6) is 11.5 Å². The number of aliphatic hydroxyl groups excluding tert-OH is 2. The maximum Gasteiger partial charge on any atom is 0.161 e. The van der Waals surface area contributed by atoms with Gasteiger partial charge in [0.1, 0.15) is 0 Å². The van der Waals surface area contributed by atoms with Crippen LogP contribution in [-0.4, -0.2) is 34.4 Å². The number of benzene rings is 4.